The highest BCUT2D eigenvalue weighted by Crippen LogP contribution is 2.10. The first-order valence-electron chi connectivity index (χ1n) is 4.40. The molecule has 0 unspecified atom stereocenters. The second-order valence-corrected chi connectivity index (χ2v) is 4.08. The van der Waals surface area contributed by atoms with Crippen LogP contribution in [-0.2, 0) is 13.1 Å². The maximum Gasteiger partial charge on any atom is 0.0794 e. The molecule has 0 spiro atoms. The van der Waals surface area contributed by atoms with Crippen molar-refractivity contribution in [2.75, 3.05) is 0 Å². The molecule has 4 nitrogen and oxygen atoms in total. The van der Waals surface area contributed by atoms with E-state index in [2.05, 4.69) is 10.1 Å². The normalized spacial score (nSPS) is 10.7. The number of rotatable bonds is 3. The zero-order valence-corrected chi connectivity index (χ0v) is 8.79. The summed E-state index contributed by atoms with van der Waals surface area (Å²) in [5.74, 6) is 0. The van der Waals surface area contributed by atoms with Crippen molar-refractivity contribution < 1.29 is 0 Å². The van der Waals surface area contributed by atoms with Crippen LogP contribution in [0.2, 0.25) is 0 Å². The molecule has 5 heteroatoms. The quantitative estimate of drug-likeness (QED) is 0.823. The largest absolute Gasteiger partial charge is 0.326 e. The maximum atomic E-state index is 5.57. The highest BCUT2D eigenvalue weighted by Gasteiger charge is 2.03. The Morgan fingerprint density at radius 2 is 2.43 bits per heavy atom. The topological polar surface area (TPSA) is 56.7 Å². The van der Waals surface area contributed by atoms with Gasteiger partial charge in [-0.05, 0) is 6.92 Å². The van der Waals surface area contributed by atoms with Crippen LogP contribution < -0.4 is 5.73 Å². The van der Waals surface area contributed by atoms with E-state index in [0.717, 1.165) is 17.8 Å². The second kappa shape index (κ2) is 3.89. The molecule has 2 N–H and O–H groups in total. The molecule has 0 saturated heterocycles. The van der Waals surface area contributed by atoms with Gasteiger partial charge in [0, 0.05) is 29.4 Å². The van der Waals surface area contributed by atoms with E-state index in [-0.39, 0.29) is 0 Å². The van der Waals surface area contributed by atoms with Crippen LogP contribution in [0.3, 0.4) is 0 Å². The molecule has 74 valence electrons. The molecule has 0 aliphatic carbocycles. The van der Waals surface area contributed by atoms with Gasteiger partial charge in [-0.2, -0.15) is 5.10 Å². The van der Waals surface area contributed by atoms with Crippen LogP contribution >= 0.6 is 11.3 Å². The van der Waals surface area contributed by atoms with Crippen LogP contribution in [0.15, 0.2) is 17.9 Å². The van der Waals surface area contributed by atoms with E-state index in [1.165, 1.54) is 4.88 Å². The monoisotopic (exact) mass is 208 g/mol. The summed E-state index contributed by atoms with van der Waals surface area (Å²) in [7, 11) is 0. The highest BCUT2D eigenvalue weighted by molar-refractivity contribution is 7.09. The van der Waals surface area contributed by atoms with Crippen molar-refractivity contribution in [2.45, 2.75) is 20.0 Å². The minimum absolute atomic E-state index is 0.550. The average molecular weight is 208 g/mol. The summed E-state index contributed by atoms with van der Waals surface area (Å²) in [6.45, 7) is 3.31. The molecule has 0 amide bonds. The Kier molecular flexibility index (Phi) is 2.60. The summed E-state index contributed by atoms with van der Waals surface area (Å²) >= 11 is 1.64. The summed E-state index contributed by atoms with van der Waals surface area (Å²) < 4.78 is 1.91. The van der Waals surface area contributed by atoms with E-state index < -0.39 is 0 Å². The van der Waals surface area contributed by atoms with Gasteiger partial charge in [-0.15, -0.1) is 11.3 Å². The fraction of sp³-hybridized carbons (Fsp3) is 0.333. The molecule has 2 rings (SSSR count). The second-order valence-electron chi connectivity index (χ2n) is 3.11. The maximum absolute atomic E-state index is 5.57. The van der Waals surface area contributed by atoms with Crippen LogP contribution in [0.4, 0.5) is 0 Å². The Hall–Kier alpha value is -1.20. The summed E-state index contributed by atoms with van der Waals surface area (Å²) in [5.41, 5.74) is 9.52. The molecule has 14 heavy (non-hydrogen) atoms. The van der Waals surface area contributed by atoms with E-state index in [9.17, 15) is 0 Å². The van der Waals surface area contributed by atoms with Crippen molar-refractivity contribution in [2.24, 2.45) is 5.73 Å². The smallest absolute Gasteiger partial charge is 0.0794 e. The third-order valence-corrected chi connectivity index (χ3v) is 2.83. The van der Waals surface area contributed by atoms with Gasteiger partial charge in [-0.1, -0.05) is 0 Å². The summed E-state index contributed by atoms with van der Waals surface area (Å²) in [4.78, 5) is 5.23. The summed E-state index contributed by atoms with van der Waals surface area (Å²) in [5, 5.41) is 4.37. The molecule has 0 saturated carbocycles. The predicted octanol–water partition coefficient (Wildman–Crippen LogP) is 1.16. The zero-order chi connectivity index (χ0) is 9.97. The summed E-state index contributed by atoms with van der Waals surface area (Å²) in [6.07, 6.45) is 3.86. The van der Waals surface area contributed by atoms with Crippen LogP contribution in [0.5, 0.6) is 0 Å². The molecule has 0 radical (unpaired) electrons. The van der Waals surface area contributed by atoms with Gasteiger partial charge in [0.2, 0.25) is 0 Å². The Morgan fingerprint density at radius 1 is 1.57 bits per heavy atom. The minimum Gasteiger partial charge on any atom is -0.326 e. The van der Waals surface area contributed by atoms with E-state index >= 15 is 0 Å². The third-order valence-electron chi connectivity index (χ3n) is 2.07. The first kappa shape index (κ1) is 9.36. The van der Waals surface area contributed by atoms with Gasteiger partial charge in [-0.3, -0.25) is 9.67 Å². The Balaban J connectivity index is 2.17. The van der Waals surface area contributed by atoms with E-state index in [4.69, 9.17) is 5.73 Å². The van der Waals surface area contributed by atoms with Gasteiger partial charge in [0.05, 0.1) is 17.7 Å². The van der Waals surface area contributed by atoms with Crippen molar-refractivity contribution in [3.8, 4) is 0 Å². The number of nitrogens with zero attached hydrogens (tertiary/aromatic N) is 3. The van der Waals surface area contributed by atoms with Crippen molar-refractivity contribution >= 4 is 11.3 Å². The standard InChI is InChI=1S/C9H12N4S/c1-7-8(2-10)4-13(12-7)5-9-3-11-6-14-9/h3-4,6H,2,5,10H2,1H3. The zero-order valence-electron chi connectivity index (χ0n) is 7.97. The van der Waals surface area contributed by atoms with Gasteiger partial charge >= 0.3 is 0 Å². The molecule has 2 aromatic rings. The van der Waals surface area contributed by atoms with Gasteiger partial charge in [-0.25, -0.2) is 0 Å². The highest BCUT2D eigenvalue weighted by atomic mass is 32.1. The molecular weight excluding hydrogens is 196 g/mol. The van der Waals surface area contributed by atoms with Gasteiger partial charge in [0.1, 0.15) is 0 Å². The van der Waals surface area contributed by atoms with Crippen LogP contribution in [-0.4, -0.2) is 14.8 Å². The molecule has 0 atom stereocenters. The van der Waals surface area contributed by atoms with Crippen LogP contribution in [0.1, 0.15) is 16.1 Å². The Labute approximate surface area is 86.4 Å². The first-order valence-corrected chi connectivity index (χ1v) is 5.28. The SMILES string of the molecule is Cc1nn(Cc2cncs2)cc1CN. The Morgan fingerprint density at radius 3 is 3.00 bits per heavy atom. The Bertz CT molecular complexity index is 404. The third kappa shape index (κ3) is 1.83. The molecule has 0 aromatic carbocycles. The van der Waals surface area contributed by atoms with E-state index in [1.807, 2.05) is 29.5 Å². The lowest BCUT2D eigenvalue weighted by atomic mass is 10.3. The van der Waals surface area contributed by atoms with Crippen LogP contribution in [0.25, 0.3) is 0 Å². The van der Waals surface area contributed by atoms with E-state index in [0.29, 0.717) is 6.54 Å². The van der Waals surface area contributed by atoms with E-state index in [1.54, 1.807) is 11.3 Å². The molecular formula is C9H12N4S. The molecule has 0 aliphatic rings. The molecule has 2 aromatic heterocycles. The first-order chi connectivity index (χ1) is 6.79. The van der Waals surface area contributed by atoms with Crippen molar-refractivity contribution in [3.05, 3.63) is 34.0 Å². The van der Waals surface area contributed by atoms with Crippen molar-refractivity contribution in [1.29, 1.82) is 0 Å². The van der Waals surface area contributed by atoms with Gasteiger partial charge in [0.25, 0.3) is 0 Å². The molecule has 0 fully saturated rings. The number of hydrogen-bond acceptors (Lipinski definition) is 4. The van der Waals surface area contributed by atoms with Crippen molar-refractivity contribution in [3.63, 3.8) is 0 Å². The van der Waals surface area contributed by atoms with Crippen molar-refractivity contribution in [1.82, 2.24) is 14.8 Å². The number of nitrogens with two attached hydrogens (primary N) is 1. The lowest BCUT2D eigenvalue weighted by Crippen LogP contribution is -1.98. The van der Waals surface area contributed by atoms with Gasteiger partial charge < -0.3 is 5.73 Å². The van der Waals surface area contributed by atoms with Gasteiger partial charge in [0.15, 0.2) is 0 Å². The fourth-order valence-electron chi connectivity index (χ4n) is 1.32. The average Bonchev–Trinajstić information content (AvgIpc) is 2.76. The fourth-order valence-corrected chi connectivity index (χ4v) is 1.91. The summed E-state index contributed by atoms with van der Waals surface area (Å²) in [6, 6.07) is 0. The molecule has 2 heterocycles. The number of aryl methyl sites for hydroxylation is 1. The number of aromatic nitrogens is 3. The lowest BCUT2D eigenvalue weighted by molar-refractivity contribution is 0.686. The lowest BCUT2D eigenvalue weighted by Gasteiger charge is -1.95. The number of hydrogen-bond donors (Lipinski definition) is 1. The minimum atomic E-state index is 0.550. The van der Waals surface area contributed by atoms with Crippen LogP contribution in [0, 0.1) is 6.92 Å². The molecule has 0 bridgehead atoms. The molecule has 0 aliphatic heterocycles. The predicted molar refractivity (Wildman–Crippen MR) is 56.1 cm³/mol. The number of thiazole rings is 1.